The van der Waals surface area contributed by atoms with Gasteiger partial charge in [-0.1, -0.05) is 0 Å². The molecule has 5 nitrogen and oxygen atoms in total. The summed E-state index contributed by atoms with van der Waals surface area (Å²) >= 11 is 1.51. The first-order valence-electron chi connectivity index (χ1n) is 4.35. The summed E-state index contributed by atoms with van der Waals surface area (Å²) < 4.78 is 0. The third-order valence-corrected chi connectivity index (χ3v) is 2.84. The lowest BCUT2D eigenvalue weighted by atomic mass is 10.3. The first-order valence-corrected chi connectivity index (χ1v) is 5.23. The van der Waals surface area contributed by atoms with Crippen LogP contribution in [0.5, 0.6) is 0 Å². The number of anilines is 1. The molecule has 2 aromatic heterocycles. The number of carbonyl (C=O) groups is 1. The molecule has 0 bridgehead atoms. The van der Waals surface area contributed by atoms with E-state index in [1.54, 1.807) is 23.8 Å². The number of carbonyl (C=O) groups excluding carboxylic acids is 1. The molecule has 0 unspecified atom stereocenters. The maximum atomic E-state index is 10.8. The van der Waals surface area contributed by atoms with Crippen molar-refractivity contribution in [1.82, 2.24) is 10.2 Å². The number of amides is 1. The molecule has 1 amide bonds. The molecule has 0 aromatic carbocycles. The van der Waals surface area contributed by atoms with Crippen LogP contribution in [0.1, 0.15) is 15.2 Å². The van der Waals surface area contributed by atoms with E-state index in [4.69, 9.17) is 5.73 Å². The average molecular weight is 222 g/mol. The SMILES string of the molecule is NC(=O)c1csc(CNc2cn[nH]c2)c1. The van der Waals surface area contributed by atoms with E-state index in [0.717, 1.165) is 10.6 Å². The molecule has 4 N–H and O–H groups in total. The van der Waals surface area contributed by atoms with Crippen molar-refractivity contribution >= 4 is 22.9 Å². The Labute approximate surface area is 90.3 Å². The Balaban J connectivity index is 1.96. The molecule has 0 saturated heterocycles. The van der Waals surface area contributed by atoms with Crippen LogP contribution in [0.25, 0.3) is 0 Å². The van der Waals surface area contributed by atoms with Crippen molar-refractivity contribution in [3.63, 3.8) is 0 Å². The number of aromatic amines is 1. The van der Waals surface area contributed by atoms with Gasteiger partial charge in [0.1, 0.15) is 0 Å². The molecule has 0 aliphatic carbocycles. The van der Waals surface area contributed by atoms with Gasteiger partial charge in [0.15, 0.2) is 0 Å². The van der Waals surface area contributed by atoms with E-state index in [-0.39, 0.29) is 5.91 Å². The summed E-state index contributed by atoms with van der Waals surface area (Å²) in [4.78, 5) is 11.9. The zero-order chi connectivity index (χ0) is 10.7. The van der Waals surface area contributed by atoms with Gasteiger partial charge >= 0.3 is 0 Å². The second kappa shape index (κ2) is 4.14. The zero-order valence-corrected chi connectivity index (χ0v) is 8.67. The molecular weight excluding hydrogens is 212 g/mol. The first kappa shape index (κ1) is 9.72. The molecule has 6 heteroatoms. The highest BCUT2D eigenvalue weighted by molar-refractivity contribution is 7.10. The van der Waals surface area contributed by atoms with Crippen molar-refractivity contribution in [2.75, 3.05) is 5.32 Å². The minimum atomic E-state index is -0.388. The van der Waals surface area contributed by atoms with Gasteiger partial charge in [-0.05, 0) is 6.07 Å². The van der Waals surface area contributed by atoms with E-state index in [1.807, 2.05) is 0 Å². The van der Waals surface area contributed by atoms with E-state index in [1.165, 1.54) is 11.3 Å². The lowest BCUT2D eigenvalue weighted by Gasteiger charge is -1.98. The summed E-state index contributed by atoms with van der Waals surface area (Å²) in [6, 6.07) is 1.79. The molecule has 15 heavy (non-hydrogen) atoms. The van der Waals surface area contributed by atoms with E-state index in [0.29, 0.717) is 12.1 Å². The fourth-order valence-corrected chi connectivity index (χ4v) is 1.95. The van der Waals surface area contributed by atoms with Gasteiger partial charge in [-0.25, -0.2) is 0 Å². The summed E-state index contributed by atoms with van der Waals surface area (Å²) in [5.74, 6) is -0.388. The maximum Gasteiger partial charge on any atom is 0.249 e. The van der Waals surface area contributed by atoms with Gasteiger partial charge in [0.05, 0.1) is 17.4 Å². The lowest BCUT2D eigenvalue weighted by Crippen LogP contribution is -2.09. The number of H-pyrrole nitrogens is 1. The molecule has 0 aliphatic heterocycles. The van der Waals surface area contributed by atoms with E-state index < -0.39 is 0 Å². The van der Waals surface area contributed by atoms with Crippen LogP contribution < -0.4 is 11.1 Å². The summed E-state index contributed by atoms with van der Waals surface area (Å²) in [7, 11) is 0. The molecule has 78 valence electrons. The summed E-state index contributed by atoms with van der Waals surface area (Å²) in [6.07, 6.45) is 3.46. The lowest BCUT2D eigenvalue weighted by molar-refractivity contribution is 0.100. The van der Waals surface area contributed by atoms with Gasteiger partial charge in [0.25, 0.3) is 0 Å². The smallest absolute Gasteiger partial charge is 0.249 e. The van der Waals surface area contributed by atoms with Crippen molar-refractivity contribution < 1.29 is 4.79 Å². The van der Waals surface area contributed by atoms with Crippen molar-refractivity contribution in [1.29, 1.82) is 0 Å². The number of hydrogen-bond acceptors (Lipinski definition) is 4. The number of hydrogen-bond donors (Lipinski definition) is 3. The minimum Gasteiger partial charge on any atom is -0.378 e. The Hall–Kier alpha value is -1.82. The van der Waals surface area contributed by atoms with E-state index >= 15 is 0 Å². The second-order valence-corrected chi connectivity index (χ2v) is 4.00. The van der Waals surface area contributed by atoms with Crippen LogP contribution in [0.3, 0.4) is 0 Å². The molecule has 0 atom stereocenters. The molecule has 0 spiro atoms. The Morgan fingerprint density at radius 1 is 1.67 bits per heavy atom. The van der Waals surface area contributed by atoms with Gasteiger partial charge < -0.3 is 11.1 Å². The first-order chi connectivity index (χ1) is 7.25. The van der Waals surface area contributed by atoms with Crippen molar-refractivity contribution in [3.05, 3.63) is 34.3 Å². The van der Waals surface area contributed by atoms with Gasteiger partial charge in [-0.3, -0.25) is 9.89 Å². The molecule has 0 aliphatic rings. The Kier molecular flexibility index (Phi) is 2.68. The van der Waals surface area contributed by atoms with Crippen LogP contribution in [0.15, 0.2) is 23.8 Å². The van der Waals surface area contributed by atoms with E-state index in [9.17, 15) is 4.79 Å². The highest BCUT2D eigenvalue weighted by Gasteiger charge is 2.04. The van der Waals surface area contributed by atoms with Crippen LogP contribution in [-0.4, -0.2) is 16.1 Å². The highest BCUT2D eigenvalue weighted by atomic mass is 32.1. The monoisotopic (exact) mass is 222 g/mol. The summed E-state index contributed by atoms with van der Waals surface area (Å²) in [5.41, 5.74) is 6.63. The van der Waals surface area contributed by atoms with Gasteiger partial charge in [0.2, 0.25) is 5.91 Å². The number of aromatic nitrogens is 2. The Morgan fingerprint density at radius 2 is 2.53 bits per heavy atom. The van der Waals surface area contributed by atoms with Crippen LogP contribution in [0, 0.1) is 0 Å². The van der Waals surface area contributed by atoms with Gasteiger partial charge in [-0.2, -0.15) is 5.10 Å². The molecule has 0 saturated carbocycles. The molecule has 2 rings (SSSR count). The molecule has 2 heterocycles. The summed E-state index contributed by atoms with van der Waals surface area (Å²) in [5, 5.41) is 11.4. The van der Waals surface area contributed by atoms with Crippen molar-refractivity contribution in [2.45, 2.75) is 6.54 Å². The van der Waals surface area contributed by atoms with Crippen LogP contribution >= 0.6 is 11.3 Å². The molecule has 0 radical (unpaired) electrons. The number of primary amides is 1. The quantitative estimate of drug-likeness (QED) is 0.726. The highest BCUT2D eigenvalue weighted by Crippen LogP contribution is 2.15. The average Bonchev–Trinajstić information content (AvgIpc) is 2.86. The number of nitrogens with two attached hydrogens (primary N) is 1. The van der Waals surface area contributed by atoms with Crippen molar-refractivity contribution in [2.24, 2.45) is 5.73 Å². The zero-order valence-electron chi connectivity index (χ0n) is 7.86. The summed E-state index contributed by atoms with van der Waals surface area (Å²) in [6.45, 7) is 0.664. The van der Waals surface area contributed by atoms with Gasteiger partial charge in [-0.15, -0.1) is 11.3 Å². The fraction of sp³-hybridized carbons (Fsp3) is 0.111. The minimum absolute atomic E-state index is 0.388. The number of nitrogens with one attached hydrogen (secondary N) is 2. The fourth-order valence-electron chi connectivity index (χ4n) is 1.14. The van der Waals surface area contributed by atoms with Crippen LogP contribution in [-0.2, 0) is 6.54 Å². The topological polar surface area (TPSA) is 83.8 Å². The number of nitrogens with zero attached hydrogens (tertiary/aromatic N) is 1. The predicted octanol–water partition coefficient (Wildman–Crippen LogP) is 1.18. The predicted molar refractivity (Wildman–Crippen MR) is 58.8 cm³/mol. The normalized spacial score (nSPS) is 10.1. The molecule has 0 fully saturated rings. The third-order valence-electron chi connectivity index (χ3n) is 1.90. The standard InChI is InChI=1S/C9H10N4OS/c10-9(14)6-1-8(15-5-6)4-11-7-2-12-13-3-7/h1-3,5,11H,4H2,(H2,10,14)(H,12,13). The van der Waals surface area contributed by atoms with Crippen LogP contribution in [0.4, 0.5) is 5.69 Å². The maximum absolute atomic E-state index is 10.8. The molecule has 2 aromatic rings. The van der Waals surface area contributed by atoms with Crippen LogP contribution in [0.2, 0.25) is 0 Å². The largest absolute Gasteiger partial charge is 0.378 e. The Morgan fingerprint density at radius 3 is 3.13 bits per heavy atom. The molecular formula is C9H10N4OS. The van der Waals surface area contributed by atoms with E-state index in [2.05, 4.69) is 15.5 Å². The number of thiophene rings is 1. The van der Waals surface area contributed by atoms with Crippen molar-refractivity contribution in [3.8, 4) is 0 Å². The third kappa shape index (κ3) is 2.35. The Bertz CT molecular complexity index is 448. The second-order valence-electron chi connectivity index (χ2n) is 3.01. The van der Waals surface area contributed by atoms with Gasteiger partial charge in [0, 0.05) is 23.0 Å². The number of rotatable bonds is 4.